The molecule has 2 heterocycles. The van der Waals surface area contributed by atoms with E-state index in [0.29, 0.717) is 17.1 Å². The number of carbonyl (C=O) groups is 2. The minimum absolute atomic E-state index is 0.0328. The Morgan fingerprint density at radius 3 is 2.88 bits per heavy atom. The maximum Gasteiger partial charge on any atom is 0.330 e. The van der Waals surface area contributed by atoms with Crippen molar-refractivity contribution in [3.8, 4) is 0 Å². The van der Waals surface area contributed by atoms with Gasteiger partial charge in [0.2, 0.25) is 5.91 Å². The van der Waals surface area contributed by atoms with Crippen LogP contribution in [-0.2, 0) is 20.9 Å². The largest absolute Gasteiger partial charge is 0.466 e. The van der Waals surface area contributed by atoms with E-state index < -0.39 is 12.0 Å². The number of hydrogen-bond acceptors (Lipinski definition) is 5. The Kier molecular flexibility index (Phi) is 4.89. The molecular formula is C17H16FNO4S. The number of amides is 1. The summed E-state index contributed by atoms with van der Waals surface area (Å²) in [6.45, 7) is 1.38. The van der Waals surface area contributed by atoms with Gasteiger partial charge >= 0.3 is 5.97 Å². The Hall–Kier alpha value is -2.28. The highest BCUT2D eigenvalue weighted by Gasteiger charge is 2.43. The monoisotopic (exact) mass is 349 g/mol. The van der Waals surface area contributed by atoms with Crippen molar-refractivity contribution in [1.29, 1.82) is 0 Å². The molecule has 0 saturated carbocycles. The maximum atomic E-state index is 13.2. The van der Waals surface area contributed by atoms with E-state index in [2.05, 4.69) is 0 Å². The second kappa shape index (κ2) is 7.09. The molecule has 126 valence electrons. The minimum atomic E-state index is -0.684. The van der Waals surface area contributed by atoms with Crippen molar-refractivity contribution in [2.24, 2.45) is 0 Å². The molecule has 0 N–H and O–H groups in total. The van der Waals surface area contributed by atoms with Gasteiger partial charge in [-0.05, 0) is 29.8 Å². The lowest BCUT2D eigenvalue weighted by molar-refractivity contribution is -0.154. The third kappa shape index (κ3) is 3.46. The number of rotatable bonds is 4. The molecule has 1 fully saturated rings. The van der Waals surface area contributed by atoms with E-state index in [0.717, 1.165) is 0 Å². The highest BCUT2D eigenvalue weighted by molar-refractivity contribution is 7.99. The average molecular weight is 349 g/mol. The molecule has 1 aromatic heterocycles. The van der Waals surface area contributed by atoms with Gasteiger partial charge in [-0.25, -0.2) is 9.18 Å². The second-order valence-corrected chi connectivity index (χ2v) is 6.49. The van der Waals surface area contributed by atoms with Crippen LogP contribution in [0, 0.1) is 5.82 Å². The highest BCUT2D eigenvalue weighted by atomic mass is 32.2. The summed E-state index contributed by atoms with van der Waals surface area (Å²) in [5.41, 5.74) is 0.561. The maximum absolute atomic E-state index is 13.2. The third-order valence-electron chi connectivity index (χ3n) is 3.69. The summed E-state index contributed by atoms with van der Waals surface area (Å²) in [5.74, 6) is -0.0728. The molecule has 1 aliphatic heterocycles. The van der Waals surface area contributed by atoms with Crippen molar-refractivity contribution in [3.63, 3.8) is 0 Å². The topological polar surface area (TPSA) is 59.8 Å². The Bertz CT molecular complexity index is 734. The third-order valence-corrected chi connectivity index (χ3v) is 4.98. The summed E-state index contributed by atoms with van der Waals surface area (Å²) < 4.78 is 23.8. The number of ether oxygens (including phenoxy) is 1. The number of benzene rings is 1. The van der Waals surface area contributed by atoms with Gasteiger partial charge in [0.15, 0.2) is 0 Å². The van der Waals surface area contributed by atoms with Crippen LogP contribution < -0.4 is 0 Å². The minimum Gasteiger partial charge on any atom is -0.466 e. The summed E-state index contributed by atoms with van der Waals surface area (Å²) >= 11 is 1.45. The van der Waals surface area contributed by atoms with Crippen molar-refractivity contribution >= 4 is 23.6 Å². The molecule has 24 heavy (non-hydrogen) atoms. The number of halogens is 1. The smallest absolute Gasteiger partial charge is 0.330 e. The lowest BCUT2D eigenvalue weighted by atomic mass is 10.2. The van der Waals surface area contributed by atoms with Gasteiger partial charge in [0.1, 0.15) is 29.6 Å². The first-order valence-corrected chi connectivity index (χ1v) is 8.46. The summed E-state index contributed by atoms with van der Waals surface area (Å²) in [4.78, 5) is 25.8. The van der Waals surface area contributed by atoms with Crippen molar-refractivity contribution in [1.82, 2.24) is 4.90 Å². The summed E-state index contributed by atoms with van der Waals surface area (Å²) in [7, 11) is 0. The quantitative estimate of drug-likeness (QED) is 0.794. The van der Waals surface area contributed by atoms with Gasteiger partial charge in [-0.3, -0.25) is 4.79 Å². The number of carbonyl (C=O) groups excluding carboxylic acids is 2. The molecule has 0 spiro atoms. The first-order chi connectivity index (χ1) is 11.6. The molecule has 1 amide bonds. The first-order valence-electron chi connectivity index (χ1n) is 7.41. The van der Waals surface area contributed by atoms with E-state index in [1.54, 1.807) is 24.3 Å². The standard InChI is InChI=1S/C17H16FNO4S/c1-11(20)19-14(10-24-16(19)15-6-3-7-22-15)17(21)23-9-12-4-2-5-13(18)8-12/h2-8,14,16H,9-10H2,1H3/t14-,16+/m0/s1. The fraction of sp³-hybridized carbons (Fsp3) is 0.294. The number of furan rings is 1. The zero-order chi connectivity index (χ0) is 17.1. The van der Waals surface area contributed by atoms with Crippen molar-refractivity contribution < 1.29 is 23.1 Å². The first kappa shape index (κ1) is 16.6. The predicted octanol–water partition coefficient (Wildman–Crippen LogP) is 3.12. The van der Waals surface area contributed by atoms with E-state index >= 15 is 0 Å². The van der Waals surface area contributed by atoms with Gasteiger partial charge in [-0.2, -0.15) is 0 Å². The zero-order valence-corrected chi connectivity index (χ0v) is 13.8. The van der Waals surface area contributed by atoms with Crippen LogP contribution >= 0.6 is 11.8 Å². The zero-order valence-electron chi connectivity index (χ0n) is 13.0. The van der Waals surface area contributed by atoms with Crippen LogP contribution in [0.25, 0.3) is 0 Å². The number of hydrogen-bond donors (Lipinski definition) is 0. The lowest BCUT2D eigenvalue weighted by Crippen LogP contribution is -2.42. The van der Waals surface area contributed by atoms with Gasteiger partial charge in [0.25, 0.3) is 0 Å². The van der Waals surface area contributed by atoms with Crippen molar-refractivity contribution in [2.75, 3.05) is 5.75 Å². The van der Waals surface area contributed by atoms with Crippen molar-refractivity contribution in [3.05, 3.63) is 59.8 Å². The van der Waals surface area contributed by atoms with Gasteiger partial charge in [0, 0.05) is 12.7 Å². The molecule has 7 heteroatoms. The van der Waals surface area contributed by atoms with Crippen LogP contribution in [-0.4, -0.2) is 28.6 Å². The molecule has 3 rings (SSSR count). The van der Waals surface area contributed by atoms with E-state index in [4.69, 9.17) is 9.15 Å². The van der Waals surface area contributed by atoms with Gasteiger partial charge in [-0.1, -0.05) is 12.1 Å². The van der Waals surface area contributed by atoms with Gasteiger partial charge < -0.3 is 14.1 Å². The fourth-order valence-electron chi connectivity index (χ4n) is 2.60. The van der Waals surface area contributed by atoms with E-state index in [-0.39, 0.29) is 23.7 Å². The van der Waals surface area contributed by atoms with Gasteiger partial charge in [0.05, 0.1) is 6.26 Å². The molecule has 2 atom stereocenters. The molecule has 0 unspecified atom stereocenters. The molecule has 0 bridgehead atoms. The molecule has 2 aromatic rings. The predicted molar refractivity (Wildman–Crippen MR) is 86.4 cm³/mol. The summed E-state index contributed by atoms with van der Waals surface area (Å²) in [5, 5.41) is -0.343. The lowest BCUT2D eigenvalue weighted by Gasteiger charge is -2.25. The number of thioether (sulfide) groups is 1. The Morgan fingerprint density at radius 2 is 2.21 bits per heavy atom. The Morgan fingerprint density at radius 1 is 1.38 bits per heavy atom. The van der Waals surface area contributed by atoms with E-state index in [1.165, 1.54) is 42.0 Å². The van der Waals surface area contributed by atoms with Crippen molar-refractivity contribution in [2.45, 2.75) is 24.9 Å². The number of nitrogens with zero attached hydrogens (tertiary/aromatic N) is 1. The Labute approximate surface area is 142 Å². The van der Waals surface area contributed by atoms with Crippen LogP contribution in [0.15, 0.2) is 47.1 Å². The summed E-state index contributed by atoms with van der Waals surface area (Å²) in [6.07, 6.45) is 1.53. The van der Waals surface area contributed by atoms with Crippen LogP contribution in [0.1, 0.15) is 23.6 Å². The highest BCUT2D eigenvalue weighted by Crippen LogP contribution is 2.41. The van der Waals surface area contributed by atoms with Crippen LogP contribution in [0.3, 0.4) is 0 Å². The van der Waals surface area contributed by atoms with Crippen LogP contribution in [0.5, 0.6) is 0 Å². The molecule has 1 aromatic carbocycles. The molecular weight excluding hydrogens is 333 g/mol. The van der Waals surface area contributed by atoms with Crippen LogP contribution in [0.2, 0.25) is 0 Å². The second-order valence-electron chi connectivity index (χ2n) is 5.38. The molecule has 5 nitrogen and oxygen atoms in total. The van der Waals surface area contributed by atoms with E-state index in [1.807, 2.05) is 0 Å². The van der Waals surface area contributed by atoms with E-state index in [9.17, 15) is 14.0 Å². The number of esters is 1. The molecule has 1 aliphatic rings. The molecule has 0 radical (unpaired) electrons. The SMILES string of the molecule is CC(=O)N1[C@@H](c2ccco2)SC[C@H]1C(=O)OCc1cccc(F)c1. The molecule has 0 aliphatic carbocycles. The average Bonchev–Trinajstić information content (AvgIpc) is 3.21. The molecule has 1 saturated heterocycles. The normalized spacial score (nSPS) is 20.2. The van der Waals surface area contributed by atoms with Crippen LogP contribution in [0.4, 0.5) is 4.39 Å². The Balaban J connectivity index is 1.68. The summed E-state index contributed by atoms with van der Waals surface area (Å²) in [6, 6.07) is 8.69. The fourth-order valence-corrected chi connectivity index (χ4v) is 4.02. The van der Waals surface area contributed by atoms with Gasteiger partial charge in [-0.15, -0.1) is 11.8 Å².